The van der Waals surface area contributed by atoms with E-state index >= 15 is 0 Å². The lowest BCUT2D eigenvalue weighted by Crippen LogP contribution is -2.28. The molecule has 112 valence electrons. The van der Waals surface area contributed by atoms with Gasteiger partial charge in [-0.05, 0) is 63.5 Å². The summed E-state index contributed by atoms with van der Waals surface area (Å²) in [6.45, 7) is 8.75. The van der Waals surface area contributed by atoms with Crippen molar-refractivity contribution < 1.29 is 4.74 Å². The molecule has 1 N–H and O–H groups in total. The van der Waals surface area contributed by atoms with Gasteiger partial charge in [-0.25, -0.2) is 4.98 Å². The van der Waals surface area contributed by atoms with E-state index in [-0.39, 0.29) is 6.10 Å². The Bertz CT molecular complexity index is 409. The average Bonchev–Trinajstić information content (AvgIpc) is 2.41. The highest BCUT2D eigenvalue weighted by Crippen LogP contribution is 2.32. The van der Waals surface area contributed by atoms with Gasteiger partial charge in [0.2, 0.25) is 5.88 Å². The SMILES string of the molecule is CC(C)Oc1ncccc1NC1CCC(C(C)C)CC1. The molecular formula is C17H28N2O. The second kappa shape index (κ2) is 6.96. The monoisotopic (exact) mass is 276 g/mol. The van der Waals surface area contributed by atoms with Crippen LogP contribution in [-0.2, 0) is 0 Å². The fourth-order valence-corrected chi connectivity index (χ4v) is 2.97. The smallest absolute Gasteiger partial charge is 0.237 e. The molecular weight excluding hydrogens is 248 g/mol. The summed E-state index contributed by atoms with van der Waals surface area (Å²) in [6.07, 6.45) is 7.10. The third-order valence-electron chi connectivity index (χ3n) is 4.19. The van der Waals surface area contributed by atoms with Crippen molar-refractivity contribution in [3.05, 3.63) is 18.3 Å². The largest absolute Gasteiger partial charge is 0.473 e. The quantitative estimate of drug-likeness (QED) is 0.860. The van der Waals surface area contributed by atoms with Crippen LogP contribution in [0.5, 0.6) is 5.88 Å². The Labute approximate surface area is 123 Å². The summed E-state index contributed by atoms with van der Waals surface area (Å²) >= 11 is 0. The van der Waals surface area contributed by atoms with Gasteiger partial charge in [-0.15, -0.1) is 0 Å². The van der Waals surface area contributed by atoms with E-state index in [1.54, 1.807) is 6.20 Å². The average molecular weight is 276 g/mol. The van der Waals surface area contributed by atoms with E-state index in [9.17, 15) is 0 Å². The van der Waals surface area contributed by atoms with Crippen LogP contribution < -0.4 is 10.1 Å². The number of anilines is 1. The van der Waals surface area contributed by atoms with Gasteiger partial charge < -0.3 is 10.1 Å². The van der Waals surface area contributed by atoms with Crippen molar-refractivity contribution in [2.45, 2.75) is 65.5 Å². The summed E-state index contributed by atoms with van der Waals surface area (Å²) < 4.78 is 5.77. The normalized spacial score (nSPS) is 23.1. The number of hydrogen-bond acceptors (Lipinski definition) is 3. The van der Waals surface area contributed by atoms with Crippen LogP contribution in [-0.4, -0.2) is 17.1 Å². The van der Waals surface area contributed by atoms with Gasteiger partial charge in [0.25, 0.3) is 0 Å². The van der Waals surface area contributed by atoms with Gasteiger partial charge in [-0.1, -0.05) is 13.8 Å². The summed E-state index contributed by atoms with van der Waals surface area (Å²) in [5.74, 6) is 2.44. The zero-order chi connectivity index (χ0) is 14.5. The van der Waals surface area contributed by atoms with Gasteiger partial charge >= 0.3 is 0 Å². The minimum Gasteiger partial charge on any atom is -0.473 e. The third kappa shape index (κ3) is 4.12. The molecule has 0 amide bonds. The minimum absolute atomic E-state index is 0.155. The van der Waals surface area contributed by atoms with Crippen molar-refractivity contribution in [3.8, 4) is 5.88 Å². The number of aromatic nitrogens is 1. The Hall–Kier alpha value is -1.25. The van der Waals surface area contributed by atoms with Crippen molar-refractivity contribution in [2.75, 3.05) is 5.32 Å². The molecule has 1 aliphatic rings. The second-order valence-corrected chi connectivity index (χ2v) is 6.52. The number of pyridine rings is 1. The predicted octanol–water partition coefficient (Wildman–Crippen LogP) is 4.50. The van der Waals surface area contributed by atoms with Crippen molar-refractivity contribution in [2.24, 2.45) is 11.8 Å². The predicted molar refractivity (Wildman–Crippen MR) is 84.2 cm³/mol. The fraction of sp³-hybridized carbons (Fsp3) is 0.706. The van der Waals surface area contributed by atoms with E-state index < -0.39 is 0 Å². The van der Waals surface area contributed by atoms with E-state index in [1.807, 2.05) is 19.9 Å². The first kappa shape index (κ1) is 15.1. The van der Waals surface area contributed by atoms with Crippen molar-refractivity contribution in [3.63, 3.8) is 0 Å². The zero-order valence-corrected chi connectivity index (χ0v) is 13.2. The first-order chi connectivity index (χ1) is 9.56. The molecule has 1 heterocycles. The molecule has 1 saturated carbocycles. The molecule has 0 unspecified atom stereocenters. The second-order valence-electron chi connectivity index (χ2n) is 6.52. The lowest BCUT2D eigenvalue weighted by Gasteiger charge is -2.32. The van der Waals surface area contributed by atoms with Crippen LogP contribution in [0.25, 0.3) is 0 Å². The van der Waals surface area contributed by atoms with E-state index in [0.29, 0.717) is 6.04 Å². The van der Waals surface area contributed by atoms with Gasteiger partial charge in [0, 0.05) is 12.2 Å². The van der Waals surface area contributed by atoms with Crippen LogP contribution in [0.15, 0.2) is 18.3 Å². The molecule has 1 aromatic heterocycles. The molecule has 1 fully saturated rings. The Morgan fingerprint density at radius 2 is 1.85 bits per heavy atom. The molecule has 0 aromatic carbocycles. The molecule has 2 rings (SSSR count). The number of hydrogen-bond donors (Lipinski definition) is 1. The molecule has 0 radical (unpaired) electrons. The van der Waals surface area contributed by atoms with Crippen molar-refractivity contribution >= 4 is 5.69 Å². The lowest BCUT2D eigenvalue weighted by molar-refractivity contribution is 0.232. The molecule has 1 aromatic rings. The molecule has 1 aliphatic carbocycles. The minimum atomic E-state index is 0.155. The van der Waals surface area contributed by atoms with Gasteiger partial charge in [-0.2, -0.15) is 0 Å². The number of nitrogens with one attached hydrogen (secondary N) is 1. The van der Waals surface area contributed by atoms with E-state index in [2.05, 4.69) is 30.2 Å². The van der Waals surface area contributed by atoms with E-state index in [4.69, 9.17) is 4.74 Å². The maximum atomic E-state index is 5.77. The van der Waals surface area contributed by atoms with Gasteiger partial charge in [0.1, 0.15) is 0 Å². The summed E-state index contributed by atoms with van der Waals surface area (Å²) in [6, 6.07) is 4.60. The summed E-state index contributed by atoms with van der Waals surface area (Å²) in [5, 5.41) is 3.63. The van der Waals surface area contributed by atoms with Gasteiger partial charge in [0.05, 0.1) is 11.8 Å². The molecule has 20 heavy (non-hydrogen) atoms. The van der Waals surface area contributed by atoms with Crippen LogP contribution in [0.3, 0.4) is 0 Å². The topological polar surface area (TPSA) is 34.1 Å². The Kier molecular flexibility index (Phi) is 5.27. The lowest BCUT2D eigenvalue weighted by atomic mass is 9.79. The Balaban J connectivity index is 1.94. The first-order valence-electron chi connectivity index (χ1n) is 7.94. The molecule has 0 saturated heterocycles. The summed E-state index contributed by atoms with van der Waals surface area (Å²) in [4.78, 5) is 4.34. The van der Waals surface area contributed by atoms with Crippen LogP contribution in [0.2, 0.25) is 0 Å². The van der Waals surface area contributed by atoms with Crippen molar-refractivity contribution in [1.29, 1.82) is 0 Å². The van der Waals surface area contributed by atoms with E-state index in [1.165, 1.54) is 25.7 Å². The number of nitrogens with zero attached hydrogens (tertiary/aromatic N) is 1. The molecule has 3 heteroatoms. The van der Waals surface area contributed by atoms with Gasteiger partial charge in [0.15, 0.2) is 0 Å². The molecule has 0 atom stereocenters. The fourth-order valence-electron chi connectivity index (χ4n) is 2.97. The van der Waals surface area contributed by atoms with Crippen LogP contribution in [0, 0.1) is 11.8 Å². The van der Waals surface area contributed by atoms with Gasteiger partial charge in [-0.3, -0.25) is 0 Å². The molecule has 0 aliphatic heterocycles. The molecule has 3 nitrogen and oxygen atoms in total. The maximum absolute atomic E-state index is 5.77. The van der Waals surface area contributed by atoms with Crippen LogP contribution in [0.1, 0.15) is 53.4 Å². The maximum Gasteiger partial charge on any atom is 0.237 e. The van der Waals surface area contributed by atoms with E-state index in [0.717, 1.165) is 23.4 Å². The number of ether oxygens (including phenoxy) is 1. The van der Waals surface area contributed by atoms with Crippen LogP contribution >= 0.6 is 0 Å². The Morgan fingerprint density at radius 1 is 1.15 bits per heavy atom. The number of rotatable bonds is 5. The highest BCUT2D eigenvalue weighted by atomic mass is 16.5. The highest BCUT2D eigenvalue weighted by Gasteiger charge is 2.23. The zero-order valence-electron chi connectivity index (χ0n) is 13.2. The standard InChI is InChI=1S/C17H28N2O/c1-12(2)14-7-9-15(10-8-14)19-16-6-5-11-18-17(16)20-13(3)4/h5-6,11-15,19H,7-10H2,1-4H3. The third-order valence-corrected chi connectivity index (χ3v) is 4.19. The summed E-state index contributed by atoms with van der Waals surface area (Å²) in [7, 11) is 0. The summed E-state index contributed by atoms with van der Waals surface area (Å²) in [5.41, 5.74) is 1.04. The first-order valence-corrected chi connectivity index (χ1v) is 7.94. The molecule has 0 bridgehead atoms. The van der Waals surface area contributed by atoms with Crippen molar-refractivity contribution in [1.82, 2.24) is 4.98 Å². The van der Waals surface area contributed by atoms with Crippen LogP contribution in [0.4, 0.5) is 5.69 Å². The Morgan fingerprint density at radius 3 is 2.45 bits per heavy atom. The highest BCUT2D eigenvalue weighted by molar-refractivity contribution is 5.52. The molecule has 0 spiro atoms.